The summed E-state index contributed by atoms with van der Waals surface area (Å²) in [5, 5.41) is 0. The van der Waals surface area contributed by atoms with Crippen LogP contribution in [0.15, 0.2) is 0 Å². The SMILES string of the molecule is CN1CCN(C2C[C@H]3C4C2[C@H]43)CC1. The molecule has 2 nitrogen and oxygen atoms in total. The smallest absolute Gasteiger partial charge is 0.0133 e. The molecule has 0 radical (unpaired) electrons. The van der Waals surface area contributed by atoms with E-state index >= 15 is 0 Å². The Hall–Kier alpha value is -0.0800. The van der Waals surface area contributed by atoms with E-state index in [1.54, 1.807) is 6.42 Å². The Balaban J connectivity index is 1.45. The number of rotatable bonds is 1. The third-order valence-corrected chi connectivity index (χ3v) is 5.01. The molecule has 3 unspecified atom stereocenters. The molecule has 1 saturated heterocycles. The van der Waals surface area contributed by atoms with E-state index in [-0.39, 0.29) is 0 Å². The van der Waals surface area contributed by atoms with Crippen molar-refractivity contribution in [2.24, 2.45) is 23.7 Å². The highest BCUT2D eigenvalue weighted by Gasteiger charge is 2.80. The van der Waals surface area contributed by atoms with Crippen LogP contribution >= 0.6 is 0 Å². The van der Waals surface area contributed by atoms with Crippen LogP contribution in [0.3, 0.4) is 0 Å². The molecule has 1 aliphatic heterocycles. The van der Waals surface area contributed by atoms with Gasteiger partial charge in [0.2, 0.25) is 0 Å². The zero-order valence-corrected chi connectivity index (χ0v) is 8.32. The van der Waals surface area contributed by atoms with Crippen molar-refractivity contribution in [2.75, 3.05) is 33.2 Å². The lowest BCUT2D eigenvalue weighted by Crippen LogP contribution is -2.48. The second-order valence-electron chi connectivity index (χ2n) is 5.54. The van der Waals surface area contributed by atoms with Crippen molar-refractivity contribution in [2.45, 2.75) is 12.5 Å². The molecule has 0 aromatic rings. The van der Waals surface area contributed by atoms with Gasteiger partial charge in [0.15, 0.2) is 0 Å². The summed E-state index contributed by atoms with van der Waals surface area (Å²) in [6.45, 7) is 5.26. The number of nitrogens with zero attached hydrogens (tertiary/aromatic N) is 2. The summed E-state index contributed by atoms with van der Waals surface area (Å²) < 4.78 is 0. The minimum atomic E-state index is 1.02. The van der Waals surface area contributed by atoms with Gasteiger partial charge in [0.1, 0.15) is 0 Å². The average molecular weight is 178 g/mol. The van der Waals surface area contributed by atoms with Crippen molar-refractivity contribution >= 4 is 0 Å². The van der Waals surface area contributed by atoms with Gasteiger partial charge >= 0.3 is 0 Å². The first kappa shape index (κ1) is 7.24. The highest BCUT2D eigenvalue weighted by Crippen LogP contribution is 2.82. The summed E-state index contributed by atoms with van der Waals surface area (Å²) in [5.74, 6) is 4.83. The van der Waals surface area contributed by atoms with Crippen molar-refractivity contribution in [3.63, 3.8) is 0 Å². The van der Waals surface area contributed by atoms with Crippen molar-refractivity contribution in [3.8, 4) is 0 Å². The average Bonchev–Trinajstić information content (AvgIpc) is 2.95. The molecule has 0 amide bonds. The van der Waals surface area contributed by atoms with Gasteiger partial charge in [-0.3, -0.25) is 4.90 Å². The Bertz CT molecular complexity index is 228. The number of piperazine rings is 1. The van der Waals surface area contributed by atoms with Gasteiger partial charge in [0.05, 0.1) is 0 Å². The van der Waals surface area contributed by atoms with E-state index in [1.807, 2.05) is 0 Å². The molecule has 4 saturated carbocycles. The van der Waals surface area contributed by atoms with Crippen LogP contribution in [0, 0.1) is 23.7 Å². The zero-order valence-electron chi connectivity index (χ0n) is 8.32. The monoisotopic (exact) mass is 178 g/mol. The van der Waals surface area contributed by atoms with Crippen LogP contribution in [0.5, 0.6) is 0 Å². The molecule has 0 aromatic carbocycles. The minimum absolute atomic E-state index is 1.02. The summed E-state index contributed by atoms with van der Waals surface area (Å²) in [5.41, 5.74) is 0. The highest BCUT2D eigenvalue weighted by atomic mass is 15.3. The molecule has 1 heterocycles. The fourth-order valence-corrected chi connectivity index (χ4v) is 4.05. The number of hydrogen-bond donors (Lipinski definition) is 0. The van der Waals surface area contributed by atoms with Gasteiger partial charge < -0.3 is 4.90 Å². The van der Waals surface area contributed by atoms with Crippen molar-refractivity contribution in [1.82, 2.24) is 9.80 Å². The van der Waals surface area contributed by atoms with E-state index in [4.69, 9.17) is 0 Å². The van der Waals surface area contributed by atoms with Crippen molar-refractivity contribution in [1.29, 1.82) is 0 Å². The van der Waals surface area contributed by atoms with Gasteiger partial charge in [-0.15, -0.1) is 0 Å². The first-order valence-corrected chi connectivity index (χ1v) is 5.79. The van der Waals surface area contributed by atoms with Gasteiger partial charge in [-0.2, -0.15) is 0 Å². The first-order chi connectivity index (χ1) is 6.36. The van der Waals surface area contributed by atoms with E-state index in [1.165, 1.54) is 49.9 Å². The Labute approximate surface area is 79.9 Å². The molecule has 0 spiro atoms. The Kier molecular flexibility index (Phi) is 1.18. The second kappa shape index (κ2) is 2.12. The van der Waals surface area contributed by atoms with Crippen molar-refractivity contribution < 1.29 is 0 Å². The maximum atomic E-state index is 2.78. The van der Waals surface area contributed by atoms with E-state index < -0.39 is 0 Å². The standard InChI is InChI=1S/C11H18N2/c1-12-2-4-13(5-3-12)8-6-7-9-10(7)11(8)9/h7-11H,2-6H2,1H3/t7-,8?,9+,10?,11?/m1/s1. The predicted molar refractivity (Wildman–Crippen MR) is 51.4 cm³/mol. The molecule has 13 heavy (non-hydrogen) atoms. The molecule has 5 atom stereocenters. The molecule has 2 heteroatoms. The molecule has 0 aromatic heterocycles. The number of hydrogen-bond acceptors (Lipinski definition) is 2. The third-order valence-electron chi connectivity index (χ3n) is 5.01. The number of fused-ring (bicyclic) bond motifs is 1. The van der Waals surface area contributed by atoms with Crippen molar-refractivity contribution in [3.05, 3.63) is 0 Å². The lowest BCUT2D eigenvalue weighted by Gasteiger charge is -2.36. The fraction of sp³-hybridized carbons (Fsp3) is 1.00. The van der Waals surface area contributed by atoms with E-state index in [9.17, 15) is 0 Å². The maximum absolute atomic E-state index is 2.78. The second-order valence-corrected chi connectivity index (χ2v) is 5.54. The molecule has 5 rings (SSSR count). The molecule has 4 aliphatic carbocycles. The summed E-state index contributed by atoms with van der Waals surface area (Å²) in [4.78, 5) is 5.24. The summed E-state index contributed by atoms with van der Waals surface area (Å²) >= 11 is 0. The van der Waals surface area contributed by atoms with Crippen LogP contribution in [0.1, 0.15) is 6.42 Å². The molecule has 5 fully saturated rings. The maximum Gasteiger partial charge on any atom is 0.0133 e. The van der Waals surface area contributed by atoms with Crippen LogP contribution in [0.25, 0.3) is 0 Å². The summed E-state index contributed by atoms with van der Waals surface area (Å²) in [6, 6.07) is 1.02. The normalized spacial score (nSPS) is 59.3. The van der Waals surface area contributed by atoms with Gasteiger partial charge in [-0.05, 0) is 37.1 Å². The lowest BCUT2D eigenvalue weighted by molar-refractivity contribution is 0.108. The molecule has 0 N–H and O–H groups in total. The van der Waals surface area contributed by atoms with Gasteiger partial charge in [-0.25, -0.2) is 0 Å². The van der Waals surface area contributed by atoms with E-state index in [0.29, 0.717) is 0 Å². The predicted octanol–water partition coefficient (Wildman–Crippen LogP) is 0.498. The molecular weight excluding hydrogens is 160 g/mol. The Morgan fingerprint density at radius 1 is 0.923 bits per heavy atom. The molecular formula is C11H18N2. The fourth-order valence-electron chi connectivity index (χ4n) is 4.05. The van der Waals surface area contributed by atoms with Crippen LogP contribution < -0.4 is 0 Å². The first-order valence-electron chi connectivity index (χ1n) is 5.79. The van der Waals surface area contributed by atoms with Gasteiger partial charge in [0, 0.05) is 32.2 Å². The topological polar surface area (TPSA) is 6.48 Å². The van der Waals surface area contributed by atoms with Crippen LogP contribution in [0.2, 0.25) is 0 Å². The Morgan fingerprint density at radius 3 is 2.15 bits per heavy atom. The summed E-state index contributed by atoms with van der Waals surface area (Å²) in [7, 11) is 2.25. The molecule has 2 bridgehead atoms. The quantitative estimate of drug-likeness (QED) is 0.577. The Morgan fingerprint density at radius 2 is 1.62 bits per heavy atom. The van der Waals surface area contributed by atoms with Crippen LogP contribution in [0.4, 0.5) is 0 Å². The highest BCUT2D eigenvalue weighted by molar-refractivity contribution is 5.29. The largest absolute Gasteiger partial charge is 0.304 e. The van der Waals surface area contributed by atoms with Crippen LogP contribution in [-0.2, 0) is 0 Å². The number of likely N-dealkylation sites (N-methyl/N-ethyl adjacent to an activating group) is 1. The third kappa shape index (κ3) is 0.816. The van der Waals surface area contributed by atoms with Gasteiger partial charge in [-0.1, -0.05) is 0 Å². The lowest BCUT2D eigenvalue weighted by atomic mass is 10.1. The minimum Gasteiger partial charge on any atom is -0.304 e. The van der Waals surface area contributed by atoms with E-state index in [2.05, 4.69) is 16.8 Å². The molecule has 72 valence electrons. The van der Waals surface area contributed by atoms with Crippen LogP contribution in [-0.4, -0.2) is 49.1 Å². The zero-order chi connectivity index (χ0) is 8.58. The molecule has 5 aliphatic rings. The summed E-state index contributed by atoms with van der Waals surface area (Å²) in [6.07, 6.45) is 1.56. The van der Waals surface area contributed by atoms with Gasteiger partial charge in [0.25, 0.3) is 0 Å². The van der Waals surface area contributed by atoms with E-state index in [0.717, 1.165) is 6.04 Å².